The maximum atomic E-state index is 14.3. The van der Waals surface area contributed by atoms with Crippen LogP contribution in [0.1, 0.15) is 50.5 Å². The van der Waals surface area contributed by atoms with E-state index in [0.717, 1.165) is 45.2 Å². The van der Waals surface area contributed by atoms with E-state index in [9.17, 15) is 14.0 Å². The van der Waals surface area contributed by atoms with Crippen molar-refractivity contribution in [1.82, 2.24) is 16.0 Å². The minimum Gasteiger partial charge on any atom is -0.352 e. The fraction of sp³-hybridized carbons (Fsp3) is 0.667. The molecule has 3 aliphatic carbocycles. The van der Waals surface area contributed by atoms with Gasteiger partial charge in [-0.25, -0.2) is 4.39 Å². The van der Waals surface area contributed by atoms with Gasteiger partial charge in [-0.15, -0.1) is 0 Å². The monoisotopic (exact) mass is 489 g/mol. The van der Waals surface area contributed by atoms with Crippen LogP contribution in [-0.2, 0) is 16.1 Å². The van der Waals surface area contributed by atoms with E-state index >= 15 is 0 Å². The molecule has 2 heterocycles. The van der Waals surface area contributed by atoms with Crippen LogP contribution in [0, 0.1) is 34.4 Å². The number of halogens is 2. The maximum Gasteiger partial charge on any atom is 0.228 e. The molecule has 0 unspecified atom stereocenters. The highest BCUT2D eigenvalue weighted by Crippen LogP contribution is 2.81. The molecule has 2 amide bonds. The Morgan fingerprint density at radius 3 is 2.58 bits per heavy atom. The molecular weight excluding hydrogens is 461 g/mol. The van der Waals surface area contributed by atoms with Gasteiger partial charge in [0.2, 0.25) is 11.8 Å². The summed E-state index contributed by atoms with van der Waals surface area (Å²) in [4.78, 5) is 27.2. The van der Waals surface area contributed by atoms with E-state index in [-0.39, 0.29) is 47.0 Å². The van der Waals surface area contributed by atoms with Gasteiger partial charge in [0.25, 0.3) is 0 Å². The zero-order valence-electron chi connectivity index (χ0n) is 17.6. The summed E-state index contributed by atoms with van der Waals surface area (Å²) in [6.07, 6.45) is 7.38. The molecule has 3 N–H and O–H groups in total. The third kappa shape index (κ3) is 2.62. The van der Waals surface area contributed by atoms with Gasteiger partial charge in [0.15, 0.2) is 0 Å². The lowest BCUT2D eigenvalue weighted by Gasteiger charge is -2.36. The number of hydrogen-bond acceptors (Lipinski definition) is 3. The Balaban J connectivity index is 1.31. The first-order valence-corrected chi connectivity index (χ1v) is 12.5. The maximum absolute atomic E-state index is 14.3. The van der Waals surface area contributed by atoms with Crippen LogP contribution in [0.15, 0.2) is 22.7 Å². The number of hydrogen-bond donors (Lipinski definition) is 3. The first kappa shape index (κ1) is 20.2. The Bertz CT molecular complexity index is 954. The van der Waals surface area contributed by atoms with E-state index in [1.807, 2.05) is 0 Å². The van der Waals surface area contributed by atoms with Gasteiger partial charge in [0, 0.05) is 28.0 Å². The van der Waals surface area contributed by atoms with Crippen LogP contribution in [0.5, 0.6) is 0 Å². The molecule has 1 aromatic carbocycles. The summed E-state index contributed by atoms with van der Waals surface area (Å²) in [6, 6.07) is 4.90. The van der Waals surface area contributed by atoms with Crippen molar-refractivity contribution in [2.75, 3.05) is 13.1 Å². The molecule has 5 fully saturated rings. The second-order valence-corrected chi connectivity index (χ2v) is 11.5. The second kappa shape index (κ2) is 6.77. The Labute approximate surface area is 190 Å². The number of nitrogens with one attached hydrogen (secondary N) is 3. The highest BCUT2D eigenvalue weighted by molar-refractivity contribution is 9.10. The molecule has 1 spiro atoms. The van der Waals surface area contributed by atoms with Gasteiger partial charge < -0.3 is 16.0 Å². The number of carbonyl (C=O) groups excluding carboxylic acids is 2. The number of carbonyl (C=O) groups is 2. The fourth-order valence-electron chi connectivity index (χ4n) is 8.13. The van der Waals surface area contributed by atoms with Crippen molar-refractivity contribution >= 4 is 27.7 Å². The van der Waals surface area contributed by atoms with Crippen molar-refractivity contribution < 1.29 is 14.0 Å². The highest BCUT2D eigenvalue weighted by Gasteiger charge is 2.88. The number of fused-ring (bicyclic) bond motifs is 5. The highest BCUT2D eigenvalue weighted by atomic mass is 79.9. The van der Waals surface area contributed by atoms with Crippen molar-refractivity contribution in [1.29, 1.82) is 0 Å². The molecule has 2 aliphatic heterocycles. The van der Waals surface area contributed by atoms with Gasteiger partial charge in [-0.1, -0.05) is 22.0 Å². The summed E-state index contributed by atoms with van der Waals surface area (Å²) in [5.74, 6) is 0.229. The normalized spacial score (nSPS) is 39.4. The smallest absolute Gasteiger partial charge is 0.228 e. The molecule has 166 valence electrons. The predicted molar refractivity (Wildman–Crippen MR) is 117 cm³/mol. The molecule has 2 bridgehead atoms. The first-order valence-electron chi connectivity index (χ1n) is 11.7. The lowest BCUT2D eigenvalue weighted by Crippen LogP contribution is -2.54. The van der Waals surface area contributed by atoms with Crippen molar-refractivity contribution in [3.63, 3.8) is 0 Å². The van der Waals surface area contributed by atoms with Gasteiger partial charge in [-0.2, -0.15) is 0 Å². The summed E-state index contributed by atoms with van der Waals surface area (Å²) in [7, 11) is 0. The third-order valence-electron chi connectivity index (χ3n) is 9.40. The molecule has 0 radical (unpaired) electrons. The molecule has 7 heteroatoms. The summed E-state index contributed by atoms with van der Waals surface area (Å²) >= 11 is 3.27. The van der Waals surface area contributed by atoms with Crippen molar-refractivity contribution in [2.24, 2.45) is 28.6 Å². The van der Waals surface area contributed by atoms with Crippen molar-refractivity contribution in [3.8, 4) is 0 Å². The van der Waals surface area contributed by atoms with Crippen LogP contribution in [0.4, 0.5) is 4.39 Å². The van der Waals surface area contributed by atoms with E-state index in [4.69, 9.17) is 0 Å². The molecule has 0 aromatic heterocycles. The number of rotatable bonds is 4. The Kier molecular flexibility index (Phi) is 4.40. The summed E-state index contributed by atoms with van der Waals surface area (Å²) < 4.78 is 15.0. The molecule has 31 heavy (non-hydrogen) atoms. The number of benzene rings is 1. The predicted octanol–water partition coefficient (Wildman–Crippen LogP) is 3.27. The zero-order valence-corrected chi connectivity index (χ0v) is 19.2. The summed E-state index contributed by atoms with van der Waals surface area (Å²) in [5, 5.41) is 9.83. The van der Waals surface area contributed by atoms with Crippen LogP contribution < -0.4 is 16.0 Å². The number of piperidine rings is 2. The van der Waals surface area contributed by atoms with Crippen LogP contribution in [0.2, 0.25) is 0 Å². The minimum atomic E-state index is -0.558. The quantitative estimate of drug-likeness (QED) is 0.607. The summed E-state index contributed by atoms with van der Waals surface area (Å²) in [6.45, 7) is 1.91. The molecule has 5 aliphatic rings. The number of amides is 2. The van der Waals surface area contributed by atoms with Gasteiger partial charge in [-0.05, 0) is 81.5 Å². The summed E-state index contributed by atoms with van der Waals surface area (Å²) in [5.41, 5.74) is -0.371. The van der Waals surface area contributed by atoms with Crippen LogP contribution in [0.3, 0.4) is 0 Å². The van der Waals surface area contributed by atoms with Gasteiger partial charge in [0.1, 0.15) is 5.82 Å². The van der Waals surface area contributed by atoms with Gasteiger partial charge in [-0.3, -0.25) is 9.59 Å². The van der Waals surface area contributed by atoms with Crippen molar-refractivity contribution in [2.45, 2.75) is 57.0 Å². The Morgan fingerprint density at radius 1 is 1.19 bits per heavy atom. The lowest BCUT2D eigenvalue weighted by molar-refractivity contribution is -0.136. The largest absolute Gasteiger partial charge is 0.352 e. The first-order chi connectivity index (χ1) is 14.9. The molecule has 5 nitrogen and oxygen atoms in total. The SMILES string of the molecule is O=C(NCc1ccc(Br)cc1F)[C@@H]1[C@H]2C3(CCNCC3)NC(=O)[C@]12C12CCC(CC1)C2. The molecule has 2 saturated heterocycles. The Morgan fingerprint density at radius 2 is 1.94 bits per heavy atom. The topological polar surface area (TPSA) is 70.2 Å². The van der Waals surface area contributed by atoms with E-state index in [0.29, 0.717) is 16.0 Å². The van der Waals surface area contributed by atoms with Crippen LogP contribution in [-0.4, -0.2) is 30.4 Å². The molecule has 1 aromatic rings. The van der Waals surface area contributed by atoms with Crippen LogP contribution >= 0.6 is 15.9 Å². The van der Waals surface area contributed by atoms with E-state index < -0.39 is 5.41 Å². The van der Waals surface area contributed by atoms with Gasteiger partial charge >= 0.3 is 0 Å². The zero-order chi connectivity index (χ0) is 21.4. The van der Waals surface area contributed by atoms with Gasteiger partial charge in [0.05, 0.1) is 11.3 Å². The van der Waals surface area contributed by atoms with E-state index in [1.165, 1.54) is 18.9 Å². The molecule has 3 saturated carbocycles. The molecule has 6 rings (SSSR count). The van der Waals surface area contributed by atoms with E-state index in [1.54, 1.807) is 12.1 Å². The lowest BCUT2D eigenvalue weighted by atomic mass is 9.67. The standard InChI is InChI=1S/C24H29BrFN3O2/c25-16-2-1-15(17(26)11-16)13-28-20(30)18-19-23(7-9-27-10-8-23)29-21(31)24(18,19)22-5-3-14(12-22)4-6-22/h1-2,11,14,18-19,27H,3-10,12-13H2,(H,28,30)(H,29,31)/t14?,18-,19-,22?,24-/m0/s1. The van der Waals surface area contributed by atoms with E-state index in [2.05, 4.69) is 31.9 Å². The average molecular weight is 490 g/mol. The Hall–Kier alpha value is -1.47. The third-order valence-corrected chi connectivity index (χ3v) is 9.90. The minimum absolute atomic E-state index is 0.0222. The second-order valence-electron chi connectivity index (χ2n) is 10.6. The van der Waals surface area contributed by atoms with Crippen LogP contribution in [0.25, 0.3) is 0 Å². The molecule has 3 atom stereocenters. The molecular formula is C24H29BrFN3O2. The van der Waals surface area contributed by atoms with Crippen molar-refractivity contribution in [3.05, 3.63) is 34.1 Å². The average Bonchev–Trinajstić information content (AvgIpc) is 2.97. The fourth-order valence-corrected chi connectivity index (χ4v) is 8.46.